The van der Waals surface area contributed by atoms with Gasteiger partial charge in [0.2, 0.25) is 0 Å². The standard InChI is InChI=1S/C14H20N2O3/c1-11-2-3-12(14(18)19)13(10-11)16-6-4-15(5-7-16)8-9-17/h2-3,10,17H,4-9H2,1H3,(H,18,19). The van der Waals surface area contributed by atoms with Gasteiger partial charge in [0.15, 0.2) is 0 Å². The Labute approximate surface area is 113 Å². The van der Waals surface area contributed by atoms with E-state index in [-0.39, 0.29) is 6.61 Å². The van der Waals surface area contributed by atoms with E-state index in [0.717, 1.165) is 37.4 Å². The summed E-state index contributed by atoms with van der Waals surface area (Å²) in [5.41, 5.74) is 2.23. The maximum Gasteiger partial charge on any atom is 0.337 e. The number of carboxylic acids is 1. The van der Waals surface area contributed by atoms with E-state index in [1.54, 1.807) is 6.07 Å². The van der Waals surface area contributed by atoms with Gasteiger partial charge in [0.1, 0.15) is 0 Å². The van der Waals surface area contributed by atoms with Crippen molar-refractivity contribution in [2.75, 3.05) is 44.2 Å². The normalized spacial score (nSPS) is 16.6. The van der Waals surface area contributed by atoms with Crippen LogP contribution in [-0.2, 0) is 0 Å². The van der Waals surface area contributed by atoms with Crippen molar-refractivity contribution in [2.24, 2.45) is 0 Å². The van der Waals surface area contributed by atoms with Crippen LogP contribution in [0.3, 0.4) is 0 Å². The number of anilines is 1. The van der Waals surface area contributed by atoms with Gasteiger partial charge in [-0.3, -0.25) is 4.90 Å². The lowest BCUT2D eigenvalue weighted by molar-refractivity contribution is 0.0697. The summed E-state index contributed by atoms with van der Waals surface area (Å²) in [5.74, 6) is -0.882. The van der Waals surface area contributed by atoms with E-state index in [2.05, 4.69) is 9.80 Å². The Bertz CT molecular complexity index is 454. The molecule has 5 nitrogen and oxygen atoms in total. The van der Waals surface area contributed by atoms with Crippen LogP contribution in [-0.4, -0.2) is 60.4 Å². The van der Waals surface area contributed by atoms with E-state index in [4.69, 9.17) is 5.11 Å². The number of benzene rings is 1. The van der Waals surface area contributed by atoms with E-state index in [0.29, 0.717) is 12.1 Å². The van der Waals surface area contributed by atoms with Crippen molar-refractivity contribution in [3.8, 4) is 0 Å². The molecule has 2 rings (SSSR count). The van der Waals surface area contributed by atoms with Crippen molar-refractivity contribution < 1.29 is 15.0 Å². The third-order valence-electron chi connectivity index (χ3n) is 3.51. The maximum atomic E-state index is 11.3. The number of hydrogen-bond donors (Lipinski definition) is 2. The third-order valence-corrected chi connectivity index (χ3v) is 3.51. The summed E-state index contributed by atoms with van der Waals surface area (Å²) < 4.78 is 0. The highest BCUT2D eigenvalue weighted by Gasteiger charge is 2.21. The molecule has 0 spiro atoms. The van der Waals surface area contributed by atoms with Gasteiger partial charge in [0, 0.05) is 32.7 Å². The Morgan fingerprint density at radius 2 is 1.95 bits per heavy atom. The van der Waals surface area contributed by atoms with E-state index in [1.807, 2.05) is 19.1 Å². The number of aliphatic hydroxyl groups is 1. The predicted molar refractivity (Wildman–Crippen MR) is 73.9 cm³/mol. The van der Waals surface area contributed by atoms with Crippen molar-refractivity contribution in [3.63, 3.8) is 0 Å². The highest BCUT2D eigenvalue weighted by Crippen LogP contribution is 2.23. The zero-order valence-electron chi connectivity index (χ0n) is 11.2. The number of carboxylic acid groups (broad SMARTS) is 1. The molecule has 2 N–H and O–H groups in total. The quantitative estimate of drug-likeness (QED) is 0.842. The summed E-state index contributed by atoms with van der Waals surface area (Å²) in [6.07, 6.45) is 0. The van der Waals surface area contributed by atoms with Gasteiger partial charge in [-0.05, 0) is 24.6 Å². The van der Waals surface area contributed by atoms with Crippen LogP contribution in [0.5, 0.6) is 0 Å². The molecule has 1 saturated heterocycles. The zero-order chi connectivity index (χ0) is 13.8. The van der Waals surface area contributed by atoms with Crippen LogP contribution >= 0.6 is 0 Å². The van der Waals surface area contributed by atoms with Crippen LogP contribution in [0.1, 0.15) is 15.9 Å². The highest BCUT2D eigenvalue weighted by molar-refractivity contribution is 5.94. The Morgan fingerprint density at radius 3 is 2.53 bits per heavy atom. The van der Waals surface area contributed by atoms with Crippen molar-refractivity contribution in [1.29, 1.82) is 0 Å². The molecule has 5 heteroatoms. The first-order valence-corrected chi connectivity index (χ1v) is 6.54. The Morgan fingerprint density at radius 1 is 1.26 bits per heavy atom. The molecule has 0 aromatic heterocycles. The molecule has 0 radical (unpaired) electrons. The first kappa shape index (κ1) is 13.8. The molecule has 104 valence electrons. The SMILES string of the molecule is Cc1ccc(C(=O)O)c(N2CCN(CCO)CC2)c1. The molecule has 0 aliphatic carbocycles. The molecule has 0 bridgehead atoms. The number of β-amino-alcohol motifs (C(OH)–C–C–N with tert-alkyl or cyclic N) is 1. The molecule has 1 fully saturated rings. The smallest absolute Gasteiger partial charge is 0.337 e. The second kappa shape index (κ2) is 6.04. The van der Waals surface area contributed by atoms with Gasteiger partial charge in [-0.25, -0.2) is 4.79 Å². The minimum Gasteiger partial charge on any atom is -0.478 e. The van der Waals surface area contributed by atoms with Crippen LogP contribution in [0.15, 0.2) is 18.2 Å². The molecule has 1 aliphatic heterocycles. The predicted octanol–water partition coefficient (Wildman–Crippen LogP) is 0.808. The summed E-state index contributed by atoms with van der Waals surface area (Å²) in [4.78, 5) is 15.6. The van der Waals surface area contributed by atoms with Gasteiger partial charge in [0.25, 0.3) is 0 Å². The van der Waals surface area contributed by atoms with Gasteiger partial charge in [-0.2, -0.15) is 0 Å². The largest absolute Gasteiger partial charge is 0.478 e. The van der Waals surface area contributed by atoms with E-state index < -0.39 is 5.97 Å². The van der Waals surface area contributed by atoms with Crippen molar-refractivity contribution in [3.05, 3.63) is 29.3 Å². The van der Waals surface area contributed by atoms with Crippen molar-refractivity contribution in [2.45, 2.75) is 6.92 Å². The first-order chi connectivity index (χ1) is 9.11. The second-order valence-electron chi connectivity index (χ2n) is 4.88. The third kappa shape index (κ3) is 3.24. The Kier molecular flexibility index (Phi) is 4.39. The van der Waals surface area contributed by atoms with Crippen LogP contribution in [0, 0.1) is 6.92 Å². The fraction of sp³-hybridized carbons (Fsp3) is 0.500. The second-order valence-corrected chi connectivity index (χ2v) is 4.88. The van der Waals surface area contributed by atoms with Crippen molar-refractivity contribution >= 4 is 11.7 Å². The maximum absolute atomic E-state index is 11.3. The Balaban J connectivity index is 2.14. The number of piperazine rings is 1. The van der Waals surface area contributed by atoms with Gasteiger partial charge in [0.05, 0.1) is 17.9 Å². The van der Waals surface area contributed by atoms with E-state index in [1.165, 1.54) is 0 Å². The van der Waals surface area contributed by atoms with Gasteiger partial charge < -0.3 is 15.1 Å². The molecule has 0 unspecified atom stereocenters. The van der Waals surface area contributed by atoms with E-state index >= 15 is 0 Å². The highest BCUT2D eigenvalue weighted by atomic mass is 16.4. The number of rotatable bonds is 4. The molecule has 1 aromatic rings. The fourth-order valence-corrected chi connectivity index (χ4v) is 2.44. The molecule has 1 aromatic carbocycles. The summed E-state index contributed by atoms with van der Waals surface area (Å²) in [6, 6.07) is 5.44. The molecule has 0 saturated carbocycles. The van der Waals surface area contributed by atoms with Crippen LogP contribution in [0.2, 0.25) is 0 Å². The van der Waals surface area contributed by atoms with Gasteiger partial charge >= 0.3 is 5.97 Å². The minimum absolute atomic E-state index is 0.171. The summed E-state index contributed by atoms with van der Waals surface area (Å²) >= 11 is 0. The lowest BCUT2D eigenvalue weighted by Gasteiger charge is -2.36. The number of nitrogens with zero attached hydrogens (tertiary/aromatic N) is 2. The minimum atomic E-state index is -0.882. The number of carbonyl (C=O) groups is 1. The fourth-order valence-electron chi connectivity index (χ4n) is 2.44. The number of aliphatic hydroxyl groups excluding tert-OH is 1. The molecule has 19 heavy (non-hydrogen) atoms. The lowest BCUT2D eigenvalue weighted by Crippen LogP contribution is -2.47. The van der Waals surface area contributed by atoms with Crippen LogP contribution < -0.4 is 4.90 Å². The zero-order valence-corrected chi connectivity index (χ0v) is 11.2. The molecule has 1 aliphatic rings. The summed E-state index contributed by atoms with van der Waals surface area (Å²) in [7, 11) is 0. The molecular formula is C14H20N2O3. The molecular weight excluding hydrogens is 244 g/mol. The summed E-state index contributed by atoms with van der Waals surface area (Å²) in [6.45, 7) is 6.13. The number of aromatic carboxylic acids is 1. The number of aryl methyl sites for hydroxylation is 1. The average molecular weight is 264 g/mol. The Hall–Kier alpha value is -1.59. The van der Waals surface area contributed by atoms with Gasteiger partial charge in [-0.15, -0.1) is 0 Å². The number of hydrogen-bond acceptors (Lipinski definition) is 4. The van der Waals surface area contributed by atoms with Crippen LogP contribution in [0.25, 0.3) is 0 Å². The average Bonchev–Trinajstić information content (AvgIpc) is 2.39. The lowest BCUT2D eigenvalue weighted by atomic mass is 10.1. The molecule has 0 atom stereocenters. The first-order valence-electron chi connectivity index (χ1n) is 6.54. The molecule has 1 heterocycles. The van der Waals surface area contributed by atoms with Crippen LogP contribution in [0.4, 0.5) is 5.69 Å². The van der Waals surface area contributed by atoms with Gasteiger partial charge in [-0.1, -0.05) is 6.07 Å². The topological polar surface area (TPSA) is 64.0 Å². The summed E-state index contributed by atoms with van der Waals surface area (Å²) in [5, 5.41) is 18.2. The van der Waals surface area contributed by atoms with E-state index in [9.17, 15) is 9.90 Å². The van der Waals surface area contributed by atoms with Crippen molar-refractivity contribution in [1.82, 2.24) is 4.90 Å². The molecule has 0 amide bonds. The monoisotopic (exact) mass is 264 g/mol.